The molecule has 4 rings (SSSR count). The summed E-state index contributed by atoms with van der Waals surface area (Å²) in [6.45, 7) is 3.44. The quantitative estimate of drug-likeness (QED) is 0.204. The van der Waals surface area contributed by atoms with E-state index in [2.05, 4.69) is 25.8 Å². The zero-order valence-corrected chi connectivity index (χ0v) is 22.1. The maximum atomic E-state index is 12.3. The van der Waals surface area contributed by atoms with E-state index in [1.165, 1.54) is 20.1 Å². The lowest BCUT2D eigenvalue weighted by atomic mass is 10.1. The highest BCUT2D eigenvalue weighted by atomic mass is 32.2. The van der Waals surface area contributed by atoms with Crippen LogP contribution >= 0.6 is 0 Å². The zero-order valence-electron chi connectivity index (χ0n) is 21.3. The Hall–Kier alpha value is -4.51. The van der Waals surface area contributed by atoms with Gasteiger partial charge in [-0.3, -0.25) is 0 Å². The maximum absolute atomic E-state index is 12.3. The summed E-state index contributed by atoms with van der Waals surface area (Å²) in [7, 11) is -0.536. The average molecular weight is 534 g/mol. The van der Waals surface area contributed by atoms with Crippen molar-refractivity contribution in [2.75, 3.05) is 25.2 Å². The number of sulfone groups is 1. The van der Waals surface area contributed by atoms with Gasteiger partial charge in [0.05, 0.1) is 24.2 Å². The number of nitrogens with zero attached hydrogens (tertiary/aromatic N) is 4. The van der Waals surface area contributed by atoms with E-state index < -0.39 is 9.84 Å². The number of benzene rings is 4. The van der Waals surface area contributed by atoms with Crippen LogP contribution in [0.25, 0.3) is 10.8 Å². The summed E-state index contributed by atoms with van der Waals surface area (Å²) in [5.74, 6) is -0.655. The van der Waals surface area contributed by atoms with Crippen LogP contribution in [0.2, 0.25) is 0 Å². The number of methoxy groups -OCH3 is 1. The predicted octanol–water partition coefficient (Wildman–Crippen LogP) is 7.23. The Balaban J connectivity index is 1.76. The summed E-state index contributed by atoms with van der Waals surface area (Å²) in [4.78, 5) is -0.139. The van der Waals surface area contributed by atoms with Crippen molar-refractivity contribution in [3.63, 3.8) is 0 Å². The Bertz CT molecular complexity index is 1680. The van der Waals surface area contributed by atoms with Gasteiger partial charge in [-0.05, 0) is 42.8 Å². The summed E-state index contributed by atoms with van der Waals surface area (Å²) >= 11 is 0. The van der Waals surface area contributed by atoms with Crippen molar-refractivity contribution in [2.24, 2.45) is 20.5 Å². The molecule has 0 heterocycles. The smallest absolute Gasteiger partial charge is 0.181 e. The van der Waals surface area contributed by atoms with Crippen LogP contribution in [0.4, 0.5) is 28.4 Å². The van der Waals surface area contributed by atoms with Gasteiger partial charge in [0, 0.05) is 30.0 Å². The molecule has 0 unspecified atom stereocenters. The first-order valence-corrected chi connectivity index (χ1v) is 13.3. The first kappa shape index (κ1) is 26.6. The Morgan fingerprint density at radius 3 is 2.24 bits per heavy atom. The lowest BCUT2D eigenvalue weighted by Crippen LogP contribution is -2.05. The van der Waals surface area contributed by atoms with Crippen LogP contribution in [-0.2, 0) is 9.84 Å². The molecule has 0 radical (unpaired) electrons. The van der Waals surface area contributed by atoms with Crippen molar-refractivity contribution < 1.29 is 23.4 Å². The number of ether oxygens (including phenoxy) is 1. The van der Waals surface area contributed by atoms with Crippen LogP contribution in [0.15, 0.2) is 86.0 Å². The molecule has 0 aromatic heterocycles. The largest absolute Gasteiger partial charge is 0.506 e. The highest BCUT2D eigenvalue weighted by molar-refractivity contribution is 7.91. The topological polar surface area (TPSA) is 145 Å². The van der Waals surface area contributed by atoms with Gasteiger partial charge in [-0.1, -0.05) is 25.1 Å². The number of phenols is 2. The van der Waals surface area contributed by atoms with Crippen molar-refractivity contribution in [3.8, 4) is 17.2 Å². The highest BCUT2D eigenvalue weighted by Gasteiger charge is 2.21. The van der Waals surface area contributed by atoms with Crippen LogP contribution in [0.1, 0.15) is 12.5 Å². The van der Waals surface area contributed by atoms with Gasteiger partial charge in [-0.2, -0.15) is 5.11 Å². The van der Waals surface area contributed by atoms with E-state index in [1.807, 2.05) is 31.2 Å². The molecule has 10 nitrogen and oxygen atoms in total. The second kappa shape index (κ2) is 10.9. The summed E-state index contributed by atoms with van der Waals surface area (Å²) in [6, 6.07) is 16.8. The Morgan fingerprint density at radius 1 is 0.868 bits per heavy atom. The highest BCUT2D eigenvalue weighted by Crippen LogP contribution is 2.44. The summed E-state index contributed by atoms with van der Waals surface area (Å²) < 4.78 is 29.8. The van der Waals surface area contributed by atoms with Gasteiger partial charge in [-0.25, -0.2) is 8.42 Å². The Morgan fingerprint density at radius 2 is 1.55 bits per heavy atom. The third kappa shape index (κ3) is 5.14. The molecule has 0 fully saturated rings. The van der Waals surface area contributed by atoms with Gasteiger partial charge in [0.1, 0.15) is 33.5 Å². The first-order chi connectivity index (χ1) is 18.2. The molecule has 0 spiro atoms. The standard InChI is InChI=1S/C27H27N5O5S/c1-5-38(35,36)25-15-23(33)22(14-24(25)37-4)31-30-21-13-10-17-18(27(21)34)11-12-20(28-3)26(17)32-29-19-9-7-6-8-16(19)2/h6-15,28,33-34H,5H2,1-4H3. The molecule has 0 aliphatic carbocycles. The van der Waals surface area contributed by atoms with Gasteiger partial charge < -0.3 is 20.3 Å². The van der Waals surface area contributed by atoms with Crippen molar-refractivity contribution in [2.45, 2.75) is 18.7 Å². The van der Waals surface area contributed by atoms with E-state index in [1.54, 1.807) is 31.3 Å². The second-order valence-corrected chi connectivity index (χ2v) is 10.6. The minimum Gasteiger partial charge on any atom is -0.506 e. The lowest BCUT2D eigenvalue weighted by Gasteiger charge is -2.11. The van der Waals surface area contributed by atoms with E-state index >= 15 is 0 Å². The molecule has 11 heteroatoms. The number of aryl methyl sites for hydroxylation is 1. The van der Waals surface area contributed by atoms with Crippen LogP contribution in [-0.4, -0.2) is 38.5 Å². The van der Waals surface area contributed by atoms with E-state index in [-0.39, 0.29) is 39.3 Å². The fraction of sp³-hybridized carbons (Fsp3) is 0.185. The number of phenolic OH excluding ortho intramolecular Hbond substituents is 2. The van der Waals surface area contributed by atoms with Gasteiger partial charge >= 0.3 is 0 Å². The van der Waals surface area contributed by atoms with Crippen molar-refractivity contribution >= 4 is 49.0 Å². The lowest BCUT2D eigenvalue weighted by molar-refractivity contribution is 0.399. The van der Waals surface area contributed by atoms with Gasteiger partial charge in [0.2, 0.25) is 0 Å². The number of rotatable bonds is 8. The number of anilines is 1. The SMILES string of the molecule is CCS(=O)(=O)c1cc(O)c(N=Nc2ccc3c(N=Nc4ccccc4C)c(NC)ccc3c2O)cc1OC. The summed E-state index contributed by atoms with van der Waals surface area (Å²) in [5, 5.41) is 42.6. The minimum atomic E-state index is -3.63. The van der Waals surface area contributed by atoms with E-state index in [0.29, 0.717) is 16.5 Å². The molecule has 0 aliphatic heterocycles. The van der Waals surface area contributed by atoms with Crippen molar-refractivity contribution in [3.05, 3.63) is 66.2 Å². The number of azo groups is 2. The van der Waals surface area contributed by atoms with Gasteiger partial charge in [0.25, 0.3) is 0 Å². The Labute approximate surface area is 220 Å². The second-order valence-electron chi connectivity index (χ2n) is 8.32. The molecule has 0 amide bonds. The van der Waals surface area contributed by atoms with E-state index in [9.17, 15) is 18.6 Å². The van der Waals surface area contributed by atoms with Gasteiger partial charge in [0.15, 0.2) is 15.6 Å². The third-order valence-electron chi connectivity index (χ3n) is 6.01. The molecule has 38 heavy (non-hydrogen) atoms. The van der Waals surface area contributed by atoms with Gasteiger partial charge in [-0.15, -0.1) is 15.3 Å². The normalized spacial score (nSPS) is 12.0. The number of fused-ring (bicyclic) bond motifs is 1. The van der Waals surface area contributed by atoms with Crippen LogP contribution < -0.4 is 10.1 Å². The molecule has 0 saturated heterocycles. The minimum absolute atomic E-state index is 0.0188. The molecule has 0 saturated carbocycles. The monoisotopic (exact) mass is 533 g/mol. The average Bonchev–Trinajstić information content (AvgIpc) is 2.92. The molecule has 0 atom stereocenters. The van der Waals surface area contributed by atoms with E-state index in [4.69, 9.17) is 4.74 Å². The van der Waals surface area contributed by atoms with Crippen molar-refractivity contribution in [1.29, 1.82) is 0 Å². The molecule has 196 valence electrons. The molecule has 4 aromatic rings. The molecular formula is C27H27N5O5S. The van der Waals surface area contributed by atoms with Crippen LogP contribution in [0.3, 0.4) is 0 Å². The fourth-order valence-electron chi connectivity index (χ4n) is 3.82. The van der Waals surface area contributed by atoms with E-state index in [0.717, 1.165) is 23.0 Å². The Kier molecular flexibility index (Phi) is 7.58. The number of aromatic hydroxyl groups is 2. The molecule has 4 aromatic carbocycles. The van der Waals surface area contributed by atoms with Crippen LogP contribution in [0, 0.1) is 6.92 Å². The zero-order chi connectivity index (χ0) is 27.4. The van der Waals surface area contributed by atoms with Crippen LogP contribution in [0.5, 0.6) is 17.2 Å². The molecular weight excluding hydrogens is 506 g/mol. The third-order valence-corrected chi connectivity index (χ3v) is 7.76. The predicted molar refractivity (Wildman–Crippen MR) is 147 cm³/mol. The maximum Gasteiger partial charge on any atom is 0.181 e. The number of hydrogen-bond acceptors (Lipinski definition) is 10. The fourth-order valence-corrected chi connectivity index (χ4v) is 4.87. The number of hydrogen-bond donors (Lipinski definition) is 3. The van der Waals surface area contributed by atoms with Crippen molar-refractivity contribution in [1.82, 2.24) is 0 Å². The summed E-state index contributed by atoms with van der Waals surface area (Å²) in [5.41, 5.74) is 3.10. The molecule has 0 aliphatic rings. The molecule has 3 N–H and O–H groups in total. The first-order valence-electron chi connectivity index (χ1n) is 11.7. The summed E-state index contributed by atoms with van der Waals surface area (Å²) in [6.07, 6.45) is 0. The number of nitrogens with one attached hydrogen (secondary N) is 1. The molecule has 0 bridgehead atoms.